The van der Waals surface area contributed by atoms with Crippen LogP contribution < -0.4 is 10.2 Å². The predicted octanol–water partition coefficient (Wildman–Crippen LogP) is 4.55. The number of benzene rings is 3. The summed E-state index contributed by atoms with van der Waals surface area (Å²) in [6, 6.07) is 20.1. The quantitative estimate of drug-likeness (QED) is 0.477. The number of halogens is 1. The molecule has 5 nitrogen and oxygen atoms in total. The number of nitrogens with zero attached hydrogens (tertiary/aromatic N) is 1. The lowest BCUT2D eigenvalue weighted by Crippen LogP contribution is -2.03. The molecule has 0 spiro atoms. The summed E-state index contributed by atoms with van der Waals surface area (Å²) in [5.74, 6) is -0.824. The van der Waals surface area contributed by atoms with Gasteiger partial charge in [0.15, 0.2) is 0 Å². The van der Waals surface area contributed by atoms with Crippen LogP contribution in [0.25, 0.3) is 0 Å². The largest absolute Gasteiger partial charge is 0.488 e. The highest BCUT2D eigenvalue weighted by Crippen LogP contribution is 2.19. The van der Waals surface area contributed by atoms with Gasteiger partial charge in [0.2, 0.25) is 0 Å². The van der Waals surface area contributed by atoms with Gasteiger partial charge < -0.3 is 9.84 Å². The number of rotatable bonds is 7. The van der Waals surface area contributed by atoms with Crippen LogP contribution in [0.4, 0.5) is 10.1 Å². The molecule has 0 aliphatic rings. The first-order valence-corrected chi connectivity index (χ1v) is 8.22. The lowest BCUT2D eigenvalue weighted by Gasteiger charge is -2.10. The molecule has 0 saturated heterocycles. The second-order valence-electron chi connectivity index (χ2n) is 5.64. The molecule has 27 heavy (non-hydrogen) atoms. The van der Waals surface area contributed by atoms with E-state index in [4.69, 9.17) is 4.74 Å². The first-order chi connectivity index (χ1) is 13.1. The molecule has 6 heteroatoms. The SMILES string of the molecule is O=C(O)c1ccccc1N/N=C/c1ccccc1OCc1ccccc1F. The monoisotopic (exact) mass is 364 g/mol. The van der Waals surface area contributed by atoms with Gasteiger partial charge in [0.25, 0.3) is 0 Å². The highest BCUT2D eigenvalue weighted by Gasteiger charge is 2.08. The van der Waals surface area contributed by atoms with Crippen LogP contribution in [0.5, 0.6) is 5.75 Å². The van der Waals surface area contributed by atoms with Gasteiger partial charge in [-0.3, -0.25) is 5.43 Å². The van der Waals surface area contributed by atoms with Crippen LogP contribution in [0, 0.1) is 5.82 Å². The summed E-state index contributed by atoms with van der Waals surface area (Å²) in [4.78, 5) is 11.2. The van der Waals surface area contributed by atoms with Gasteiger partial charge in [0.05, 0.1) is 17.5 Å². The summed E-state index contributed by atoms with van der Waals surface area (Å²) in [5, 5.41) is 13.3. The minimum Gasteiger partial charge on any atom is -0.488 e. The van der Waals surface area contributed by atoms with Crippen LogP contribution >= 0.6 is 0 Å². The van der Waals surface area contributed by atoms with E-state index >= 15 is 0 Å². The Balaban J connectivity index is 1.72. The third-order valence-corrected chi connectivity index (χ3v) is 3.81. The maximum absolute atomic E-state index is 13.7. The molecule has 0 atom stereocenters. The molecular formula is C21H17FN2O3. The van der Waals surface area contributed by atoms with Gasteiger partial charge in [-0.25, -0.2) is 9.18 Å². The number of anilines is 1. The number of ether oxygens (including phenoxy) is 1. The molecule has 0 unspecified atom stereocenters. The van der Waals surface area contributed by atoms with E-state index in [1.807, 2.05) is 6.07 Å². The van der Waals surface area contributed by atoms with E-state index < -0.39 is 5.97 Å². The number of hydrogen-bond acceptors (Lipinski definition) is 4. The number of carboxylic acid groups (broad SMARTS) is 1. The molecule has 0 fully saturated rings. The van der Waals surface area contributed by atoms with Crippen LogP contribution in [0.1, 0.15) is 21.5 Å². The van der Waals surface area contributed by atoms with E-state index in [2.05, 4.69) is 10.5 Å². The summed E-state index contributed by atoms with van der Waals surface area (Å²) in [7, 11) is 0. The summed E-state index contributed by atoms with van der Waals surface area (Å²) in [6.45, 7) is 0.0901. The first-order valence-electron chi connectivity index (χ1n) is 8.22. The van der Waals surface area contributed by atoms with Crippen molar-refractivity contribution in [2.75, 3.05) is 5.43 Å². The number of para-hydroxylation sites is 2. The second-order valence-corrected chi connectivity index (χ2v) is 5.64. The molecular weight excluding hydrogens is 347 g/mol. The van der Waals surface area contributed by atoms with Crippen molar-refractivity contribution in [3.8, 4) is 5.75 Å². The number of hydrazone groups is 1. The predicted molar refractivity (Wildman–Crippen MR) is 102 cm³/mol. The van der Waals surface area contributed by atoms with Crippen molar-refractivity contribution in [1.82, 2.24) is 0 Å². The third kappa shape index (κ3) is 4.70. The van der Waals surface area contributed by atoms with Crippen LogP contribution in [-0.4, -0.2) is 17.3 Å². The van der Waals surface area contributed by atoms with Crippen molar-refractivity contribution >= 4 is 17.9 Å². The molecule has 0 amide bonds. The molecule has 3 aromatic carbocycles. The van der Waals surface area contributed by atoms with Crippen molar-refractivity contribution in [3.63, 3.8) is 0 Å². The highest BCUT2D eigenvalue weighted by molar-refractivity contribution is 5.94. The van der Waals surface area contributed by atoms with Gasteiger partial charge in [-0.2, -0.15) is 5.10 Å². The van der Waals surface area contributed by atoms with Gasteiger partial charge in [-0.1, -0.05) is 42.5 Å². The number of nitrogens with one attached hydrogen (secondary N) is 1. The molecule has 3 rings (SSSR count). The van der Waals surface area contributed by atoms with Gasteiger partial charge in [0.1, 0.15) is 18.2 Å². The summed E-state index contributed by atoms with van der Waals surface area (Å²) < 4.78 is 19.4. The van der Waals surface area contributed by atoms with E-state index in [9.17, 15) is 14.3 Å². The maximum Gasteiger partial charge on any atom is 0.337 e. The number of hydrogen-bond donors (Lipinski definition) is 2. The van der Waals surface area contributed by atoms with Crippen molar-refractivity contribution in [1.29, 1.82) is 0 Å². The Morgan fingerprint density at radius 2 is 1.74 bits per heavy atom. The topological polar surface area (TPSA) is 70.9 Å². The highest BCUT2D eigenvalue weighted by atomic mass is 19.1. The average Bonchev–Trinajstić information content (AvgIpc) is 2.68. The Bertz CT molecular complexity index is 973. The Morgan fingerprint density at radius 1 is 1.04 bits per heavy atom. The molecule has 0 aromatic heterocycles. The molecule has 0 heterocycles. The summed E-state index contributed by atoms with van der Waals surface area (Å²) >= 11 is 0. The number of carbonyl (C=O) groups is 1. The van der Waals surface area contributed by atoms with Crippen molar-refractivity contribution in [2.45, 2.75) is 6.61 Å². The molecule has 0 bridgehead atoms. The minimum atomic E-state index is -1.04. The molecule has 136 valence electrons. The fourth-order valence-electron chi connectivity index (χ4n) is 2.43. The molecule has 0 aliphatic carbocycles. The maximum atomic E-state index is 13.7. The number of carboxylic acids is 1. The van der Waals surface area contributed by atoms with Crippen molar-refractivity contribution in [3.05, 3.63) is 95.3 Å². The lowest BCUT2D eigenvalue weighted by atomic mass is 10.2. The minimum absolute atomic E-state index is 0.0901. The second kappa shape index (κ2) is 8.62. The third-order valence-electron chi connectivity index (χ3n) is 3.81. The Kier molecular flexibility index (Phi) is 5.79. The molecule has 2 N–H and O–H groups in total. The lowest BCUT2D eigenvalue weighted by molar-refractivity contribution is 0.0698. The van der Waals surface area contributed by atoms with Crippen molar-refractivity contribution < 1.29 is 19.0 Å². The number of aromatic carboxylic acids is 1. The van der Waals surface area contributed by atoms with Gasteiger partial charge in [0, 0.05) is 11.1 Å². The zero-order chi connectivity index (χ0) is 19.1. The van der Waals surface area contributed by atoms with Gasteiger partial charge in [-0.15, -0.1) is 0 Å². The zero-order valence-corrected chi connectivity index (χ0v) is 14.3. The first kappa shape index (κ1) is 18.1. The Hall–Kier alpha value is -3.67. The summed E-state index contributed by atoms with van der Waals surface area (Å²) in [5.41, 5.74) is 4.36. The fourth-order valence-corrected chi connectivity index (χ4v) is 2.43. The van der Waals surface area contributed by atoms with Crippen LogP contribution in [0.2, 0.25) is 0 Å². The zero-order valence-electron chi connectivity index (χ0n) is 14.3. The van der Waals surface area contributed by atoms with Gasteiger partial charge >= 0.3 is 5.97 Å². The Morgan fingerprint density at radius 3 is 2.56 bits per heavy atom. The molecule has 0 aliphatic heterocycles. The normalized spacial score (nSPS) is 10.7. The standard InChI is InChI=1S/C21H17FN2O3/c22-18-10-4-1-8-16(18)14-27-20-12-6-2-7-15(20)13-23-24-19-11-5-3-9-17(19)21(25)26/h1-13,24H,14H2,(H,25,26)/b23-13+. The average molecular weight is 364 g/mol. The molecule has 3 aromatic rings. The van der Waals surface area contributed by atoms with E-state index in [0.29, 0.717) is 22.6 Å². The smallest absolute Gasteiger partial charge is 0.337 e. The van der Waals surface area contributed by atoms with Crippen LogP contribution in [0.15, 0.2) is 77.9 Å². The van der Waals surface area contributed by atoms with Crippen LogP contribution in [0.3, 0.4) is 0 Å². The van der Waals surface area contributed by atoms with Gasteiger partial charge in [-0.05, 0) is 30.3 Å². The van der Waals surface area contributed by atoms with E-state index in [1.54, 1.807) is 54.6 Å². The summed E-state index contributed by atoms with van der Waals surface area (Å²) in [6.07, 6.45) is 1.52. The van der Waals surface area contributed by atoms with E-state index in [0.717, 1.165) is 0 Å². The van der Waals surface area contributed by atoms with E-state index in [1.165, 1.54) is 18.3 Å². The van der Waals surface area contributed by atoms with E-state index in [-0.39, 0.29) is 18.0 Å². The van der Waals surface area contributed by atoms with Crippen molar-refractivity contribution in [2.24, 2.45) is 5.10 Å². The Labute approximate surface area is 155 Å². The van der Waals surface area contributed by atoms with Crippen LogP contribution in [-0.2, 0) is 6.61 Å². The fraction of sp³-hybridized carbons (Fsp3) is 0.0476. The molecule has 0 radical (unpaired) electrons. The molecule has 0 saturated carbocycles.